The molecule has 0 radical (unpaired) electrons. The minimum absolute atomic E-state index is 0.259. The van der Waals surface area contributed by atoms with Crippen molar-refractivity contribution in [2.24, 2.45) is 7.05 Å². The van der Waals surface area contributed by atoms with Gasteiger partial charge in [0.05, 0.1) is 13.2 Å². The highest BCUT2D eigenvalue weighted by molar-refractivity contribution is 7.12. The molecular formula is C13H19N3OS. The summed E-state index contributed by atoms with van der Waals surface area (Å²) in [6.45, 7) is 4.32. The number of anilines is 1. The van der Waals surface area contributed by atoms with Gasteiger partial charge in [-0.2, -0.15) is 5.10 Å². The van der Waals surface area contributed by atoms with Crippen LogP contribution in [0.2, 0.25) is 0 Å². The van der Waals surface area contributed by atoms with E-state index in [1.54, 1.807) is 11.8 Å². The monoisotopic (exact) mass is 265 g/mol. The number of methoxy groups -OCH3 is 1. The SMILES string of the molecule is CCc1ccc(C(C)Nc2cc(OC)n(C)n2)s1. The number of aromatic nitrogens is 2. The Morgan fingerprint density at radius 3 is 2.83 bits per heavy atom. The number of rotatable bonds is 5. The zero-order valence-corrected chi connectivity index (χ0v) is 12.0. The number of hydrogen-bond donors (Lipinski definition) is 1. The second kappa shape index (κ2) is 5.44. The first-order valence-corrected chi connectivity index (χ1v) is 6.88. The van der Waals surface area contributed by atoms with Gasteiger partial charge < -0.3 is 10.1 Å². The Bertz CT molecular complexity index is 518. The van der Waals surface area contributed by atoms with Crippen LogP contribution in [0.25, 0.3) is 0 Å². The van der Waals surface area contributed by atoms with E-state index in [-0.39, 0.29) is 6.04 Å². The van der Waals surface area contributed by atoms with Crippen LogP contribution in [0.15, 0.2) is 18.2 Å². The van der Waals surface area contributed by atoms with E-state index in [0.29, 0.717) is 0 Å². The fourth-order valence-electron chi connectivity index (χ4n) is 1.82. The van der Waals surface area contributed by atoms with Crippen molar-refractivity contribution in [3.8, 4) is 5.88 Å². The molecule has 0 bridgehead atoms. The van der Waals surface area contributed by atoms with Crippen LogP contribution in [-0.2, 0) is 13.5 Å². The first-order chi connectivity index (χ1) is 8.63. The van der Waals surface area contributed by atoms with Crippen molar-refractivity contribution in [3.63, 3.8) is 0 Å². The van der Waals surface area contributed by atoms with Crippen molar-refractivity contribution in [2.45, 2.75) is 26.3 Å². The molecule has 0 aromatic carbocycles. The fourth-order valence-corrected chi connectivity index (χ4v) is 2.78. The molecule has 98 valence electrons. The van der Waals surface area contributed by atoms with E-state index in [4.69, 9.17) is 4.74 Å². The molecule has 0 aliphatic heterocycles. The third kappa shape index (κ3) is 2.67. The average Bonchev–Trinajstić information content (AvgIpc) is 2.95. The maximum Gasteiger partial charge on any atom is 0.213 e. The number of ether oxygens (including phenoxy) is 1. The molecule has 18 heavy (non-hydrogen) atoms. The summed E-state index contributed by atoms with van der Waals surface area (Å²) in [6, 6.07) is 6.54. The van der Waals surface area contributed by atoms with Gasteiger partial charge in [0.1, 0.15) is 0 Å². The van der Waals surface area contributed by atoms with E-state index in [1.165, 1.54) is 9.75 Å². The normalized spacial score (nSPS) is 12.4. The zero-order chi connectivity index (χ0) is 13.1. The third-order valence-electron chi connectivity index (χ3n) is 2.87. The summed E-state index contributed by atoms with van der Waals surface area (Å²) in [6.07, 6.45) is 1.09. The Morgan fingerprint density at radius 1 is 1.50 bits per heavy atom. The first kappa shape index (κ1) is 13.0. The maximum atomic E-state index is 5.20. The van der Waals surface area contributed by atoms with Crippen molar-refractivity contribution >= 4 is 17.2 Å². The predicted molar refractivity (Wildman–Crippen MR) is 75.5 cm³/mol. The van der Waals surface area contributed by atoms with Gasteiger partial charge in [-0.05, 0) is 25.5 Å². The first-order valence-electron chi connectivity index (χ1n) is 6.07. The molecule has 0 saturated heterocycles. The second-order valence-electron chi connectivity index (χ2n) is 4.22. The van der Waals surface area contributed by atoms with Gasteiger partial charge in [0, 0.05) is 22.9 Å². The topological polar surface area (TPSA) is 39.1 Å². The molecule has 2 rings (SSSR count). The van der Waals surface area contributed by atoms with E-state index in [0.717, 1.165) is 18.1 Å². The summed E-state index contributed by atoms with van der Waals surface area (Å²) in [5.41, 5.74) is 0. The van der Waals surface area contributed by atoms with Gasteiger partial charge in [-0.25, -0.2) is 4.68 Å². The summed E-state index contributed by atoms with van der Waals surface area (Å²) < 4.78 is 6.92. The summed E-state index contributed by atoms with van der Waals surface area (Å²) in [5, 5.41) is 7.75. The average molecular weight is 265 g/mol. The van der Waals surface area contributed by atoms with Gasteiger partial charge in [-0.1, -0.05) is 6.92 Å². The van der Waals surface area contributed by atoms with Crippen LogP contribution in [0.3, 0.4) is 0 Å². The van der Waals surface area contributed by atoms with Gasteiger partial charge in [0.15, 0.2) is 5.82 Å². The Morgan fingerprint density at radius 2 is 2.28 bits per heavy atom. The molecule has 2 aromatic heterocycles. The Kier molecular flexibility index (Phi) is 3.91. The molecular weight excluding hydrogens is 246 g/mol. The van der Waals surface area contributed by atoms with Gasteiger partial charge in [-0.15, -0.1) is 11.3 Å². The highest BCUT2D eigenvalue weighted by Crippen LogP contribution is 2.27. The maximum absolute atomic E-state index is 5.20. The molecule has 0 aliphatic carbocycles. The van der Waals surface area contributed by atoms with Crippen molar-refractivity contribution in [2.75, 3.05) is 12.4 Å². The highest BCUT2D eigenvalue weighted by Gasteiger charge is 2.11. The number of nitrogens with one attached hydrogen (secondary N) is 1. The van der Waals surface area contributed by atoms with E-state index in [1.807, 2.05) is 24.5 Å². The largest absolute Gasteiger partial charge is 0.481 e. The van der Waals surface area contributed by atoms with Crippen LogP contribution in [0.5, 0.6) is 5.88 Å². The second-order valence-corrected chi connectivity index (χ2v) is 5.42. The molecule has 0 aliphatic rings. The van der Waals surface area contributed by atoms with Crippen molar-refractivity contribution in [1.29, 1.82) is 0 Å². The minimum Gasteiger partial charge on any atom is -0.481 e. The highest BCUT2D eigenvalue weighted by atomic mass is 32.1. The van der Waals surface area contributed by atoms with Crippen LogP contribution >= 0.6 is 11.3 Å². The van der Waals surface area contributed by atoms with E-state index in [9.17, 15) is 0 Å². The van der Waals surface area contributed by atoms with Gasteiger partial charge in [0.2, 0.25) is 5.88 Å². The number of aryl methyl sites for hydroxylation is 2. The lowest BCUT2D eigenvalue weighted by Gasteiger charge is -2.10. The molecule has 2 aromatic rings. The number of thiophene rings is 1. The minimum atomic E-state index is 0.259. The molecule has 1 N–H and O–H groups in total. The molecule has 0 amide bonds. The van der Waals surface area contributed by atoms with Gasteiger partial charge in [-0.3, -0.25) is 0 Å². The van der Waals surface area contributed by atoms with Crippen LogP contribution in [0.1, 0.15) is 29.6 Å². The molecule has 1 atom stereocenters. The lowest BCUT2D eigenvalue weighted by molar-refractivity contribution is 0.373. The number of nitrogens with zero attached hydrogens (tertiary/aromatic N) is 2. The van der Waals surface area contributed by atoms with Gasteiger partial charge >= 0.3 is 0 Å². The smallest absolute Gasteiger partial charge is 0.213 e. The molecule has 0 saturated carbocycles. The standard InChI is InChI=1S/C13H19N3OS/c1-5-10-6-7-11(18-10)9(2)14-12-8-13(17-4)16(3)15-12/h6-9H,5H2,1-4H3,(H,14,15). The molecule has 2 heterocycles. The predicted octanol–water partition coefficient (Wildman–Crippen LogP) is 3.23. The zero-order valence-electron chi connectivity index (χ0n) is 11.2. The van der Waals surface area contributed by atoms with Crippen LogP contribution in [0, 0.1) is 0 Å². The van der Waals surface area contributed by atoms with Crippen molar-refractivity contribution in [3.05, 3.63) is 28.0 Å². The fraction of sp³-hybridized carbons (Fsp3) is 0.462. The van der Waals surface area contributed by atoms with Crippen molar-refractivity contribution in [1.82, 2.24) is 9.78 Å². The summed E-state index contributed by atoms with van der Waals surface area (Å²) >= 11 is 1.85. The Hall–Kier alpha value is -1.49. The van der Waals surface area contributed by atoms with E-state index < -0.39 is 0 Å². The Labute approximate surface area is 112 Å². The summed E-state index contributed by atoms with van der Waals surface area (Å²) in [5.74, 6) is 1.60. The van der Waals surface area contributed by atoms with Crippen LogP contribution < -0.4 is 10.1 Å². The van der Waals surface area contributed by atoms with Crippen LogP contribution in [-0.4, -0.2) is 16.9 Å². The molecule has 0 fully saturated rings. The van der Waals surface area contributed by atoms with Crippen LogP contribution in [0.4, 0.5) is 5.82 Å². The van der Waals surface area contributed by atoms with Crippen molar-refractivity contribution < 1.29 is 4.74 Å². The van der Waals surface area contributed by atoms with E-state index >= 15 is 0 Å². The molecule has 4 nitrogen and oxygen atoms in total. The lowest BCUT2D eigenvalue weighted by Crippen LogP contribution is -2.05. The molecule has 5 heteroatoms. The Balaban J connectivity index is 2.08. The molecule has 1 unspecified atom stereocenters. The molecule has 0 spiro atoms. The van der Waals surface area contributed by atoms with Gasteiger partial charge in [0.25, 0.3) is 0 Å². The summed E-state index contributed by atoms with van der Waals surface area (Å²) in [4.78, 5) is 2.74. The third-order valence-corrected chi connectivity index (χ3v) is 4.28. The quantitative estimate of drug-likeness (QED) is 0.902. The summed E-state index contributed by atoms with van der Waals surface area (Å²) in [7, 11) is 3.52. The number of hydrogen-bond acceptors (Lipinski definition) is 4. The lowest BCUT2D eigenvalue weighted by atomic mass is 10.2. The van der Waals surface area contributed by atoms with E-state index in [2.05, 4.69) is 36.4 Å².